The SMILES string of the molecule is CCCCCCCCCCCCCCCCOc1ccc(C(C)NC(=O)c2cccc[n+]2CCC)cc1C(C)(C)C.[I-]. The van der Waals surface area contributed by atoms with Crippen LogP contribution in [0.3, 0.4) is 0 Å². The van der Waals surface area contributed by atoms with Gasteiger partial charge in [-0.3, -0.25) is 4.79 Å². The molecular formula is C37H61IN2O2. The smallest absolute Gasteiger partial charge is 0.316 e. The lowest BCUT2D eigenvalue weighted by molar-refractivity contribution is -0.698. The molecule has 2 rings (SSSR count). The van der Waals surface area contributed by atoms with Gasteiger partial charge in [0.2, 0.25) is 0 Å². The molecule has 0 aliphatic carbocycles. The van der Waals surface area contributed by atoms with Crippen LogP contribution in [0.25, 0.3) is 0 Å². The number of halogens is 1. The van der Waals surface area contributed by atoms with Crippen LogP contribution in [-0.2, 0) is 12.0 Å². The average molecular weight is 693 g/mol. The van der Waals surface area contributed by atoms with Crippen LogP contribution < -0.4 is 38.6 Å². The Hall–Kier alpha value is -1.63. The summed E-state index contributed by atoms with van der Waals surface area (Å²) in [6, 6.07) is 12.1. The standard InChI is InChI=1S/C37H60N2O2.HI/c1-7-9-10-11-12-13-14-15-16-17-18-19-20-23-29-41-35-26-25-32(30-33(35)37(4,5)6)31(3)38-36(40)34-24-21-22-28-39(34)27-8-2;/h21-22,24-26,28,30-31H,7-20,23,27,29H2,1-6H3;1H. The molecule has 1 aromatic carbocycles. The highest BCUT2D eigenvalue weighted by Crippen LogP contribution is 2.34. The fraction of sp³-hybridized carbons (Fsp3) is 0.676. The van der Waals surface area contributed by atoms with E-state index in [4.69, 9.17) is 4.74 Å². The summed E-state index contributed by atoms with van der Waals surface area (Å²) in [5.41, 5.74) is 2.95. The molecule has 5 heteroatoms. The number of hydrogen-bond acceptors (Lipinski definition) is 2. The second kappa shape index (κ2) is 22.0. The maximum Gasteiger partial charge on any atom is 0.316 e. The number of ether oxygens (including phenoxy) is 1. The Balaban J connectivity index is 0.00000882. The zero-order valence-electron chi connectivity index (χ0n) is 27.8. The predicted molar refractivity (Wildman–Crippen MR) is 174 cm³/mol. The topological polar surface area (TPSA) is 42.2 Å². The molecule has 0 spiro atoms. The monoisotopic (exact) mass is 692 g/mol. The van der Waals surface area contributed by atoms with Gasteiger partial charge in [-0.05, 0) is 48.1 Å². The van der Waals surface area contributed by atoms with Gasteiger partial charge in [0.15, 0.2) is 6.20 Å². The third kappa shape index (κ3) is 14.7. The van der Waals surface area contributed by atoms with Crippen LogP contribution in [0.2, 0.25) is 0 Å². The van der Waals surface area contributed by atoms with Gasteiger partial charge in [0.25, 0.3) is 5.69 Å². The molecule has 0 saturated carbocycles. The molecule has 0 radical (unpaired) electrons. The van der Waals surface area contributed by atoms with Gasteiger partial charge in [-0.25, -0.2) is 0 Å². The number of aromatic nitrogens is 1. The molecule has 238 valence electrons. The first-order valence-corrected chi connectivity index (χ1v) is 16.8. The van der Waals surface area contributed by atoms with Crippen molar-refractivity contribution in [2.45, 2.75) is 156 Å². The fourth-order valence-electron chi connectivity index (χ4n) is 5.48. The molecule has 1 amide bonds. The van der Waals surface area contributed by atoms with Crippen LogP contribution in [-0.4, -0.2) is 12.5 Å². The van der Waals surface area contributed by atoms with E-state index in [-0.39, 0.29) is 41.3 Å². The van der Waals surface area contributed by atoms with Crippen molar-refractivity contribution < 1.29 is 38.1 Å². The first-order valence-electron chi connectivity index (χ1n) is 16.8. The number of carbonyl (C=O) groups is 1. The molecule has 1 unspecified atom stereocenters. The van der Waals surface area contributed by atoms with E-state index in [1.54, 1.807) is 0 Å². The zero-order valence-corrected chi connectivity index (χ0v) is 29.9. The first-order chi connectivity index (χ1) is 19.8. The number of hydrogen-bond donors (Lipinski definition) is 1. The minimum absolute atomic E-state index is 0. The minimum Gasteiger partial charge on any atom is -1.00 e. The lowest BCUT2D eigenvalue weighted by Crippen LogP contribution is -3.00. The van der Waals surface area contributed by atoms with Crippen LogP contribution >= 0.6 is 0 Å². The number of amides is 1. The van der Waals surface area contributed by atoms with Crippen LogP contribution in [0.4, 0.5) is 0 Å². The number of carbonyl (C=O) groups excluding carboxylic acids is 1. The number of nitrogens with one attached hydrogen (secondary N) is 1. The highest BCUT2D eigenvalue weighted by Gasteiger charge is 2.23. The predicted octanol–water partition coefficient (Wildman–Crippen LogP) is 7.04. The van der Waals surface area contributed by atoms with Gasteiger partial charge in [0.1, 0.15) is 12.3 Å². The molecule has 1 N–H and O–H groups in total. The van der Waals surface area contributed by atoms with Gasteiger partial charge in [-0.2, -0.15) is 4.57 Å². The highest BCUT2D eigenvalue weighted by molar-refractivity contribution is 5.91. The van der Waals surface area contributed by atoms with Gasteiger partial charge in [0, 0.05) is 18.6 Å². The van der Waals surface area contributed by atoms with E-state index in [1.807, 2.05) is 29.0 Å². The lowest BCUT2D eigenvalue weighted by Gasteiger charge is -2.25. The van der Waals surface area contributed by atoms with Crippen molar-refractivity contribution in [3.05, 3.63) is 59.4 Å². The van der Waals surface area contributed by atoms with Crippen LogP contribution in [0.5, 0.6) is 5.75 Å². The second-order valence-electron chi connectivity index (χ2n) is 12.9. The number of unbranched alkanes of at least 4 members (excludes halogenated alkanes) is 13. The summed E-state index contributed by atoms with van der Waals surface area (Å²) in [6.45, 7) is 14.7. The van der Waals surface area contributed by atoms with Crippen molar-refractivity contribution in [2.24, 2.45) is 0 Å². The van der Waals surface area contributed by atoms with E-state index in [0.717, 1.165) is 37.3 Å². The van der Waals surface area contributed by atoms with Crippen molar-refractivity contribution in [3.8, 4) is 5.75 Å². The van der Waals surface area contributed by atoms with Gasteiger partial charge in [-0.1, -0.05) is 124 Å². The molecule has 4 nitrogen and oxygen atoms in total. The summed E-state index contributed by atoms with van der Waals surface area (Å²) in [4.78, 5) is 13.1. The van der Waals surface area contributed by atoms with Crippen molar-refractivity contribution in [1.29, 1.82) is 0 Å². The van der Waals surface area contributed by atoms with Gasteiger partial charge in [-0.15, -0.1) is 0 Å². The first kappa shape index (κ1) is 38.4. The highest BCUT2D eigenvalue weighted by atomic mass is 127. The third-order valence-electron chi connectivity index (χ3n) is 8.05. The molecule has 0 aliphatic rings. The van der Waals surface area contributed by atoms with Crippen molar-refractivity contribution in [3.63, 3.8) is 0 Å². The Morgan fingerprint density at radius 1 is 0.810 bits per heavy atom. The normalized spacial score (nSPS) is 12.0. The van der Waals surface area contributed by atoms with E-state index in [0.29, 0.717) is 5.69 Å². The zero-order chi connectivity index (χ0) is 29.9. The van der Waals surface area contributed by atoms with Crippen molar-refractivity contribution >= 4 is 5.91 Å². The average Bonchev–Trinajstić information content (AvgIpc) is 2.95. The summed E-state index contributed by atoms with van der Waals surface area (Å²) >= 11 is 0. The second-order valence-corrected chi connectivity index (χ2v) is 12.9. The molecule has 0 aliphatic heterocycles. The van der Waals surface area contributed by atoms with Crippen molar-refractivity contribution in [2.75, 3.05) is 6.61 Å². The molecule has 1 aromatic heterocycles. The van der Waals surface area contributed by atoms with E-state index in [1.165, 1.54) is 89.0 Å². The number of pyridine rings is 1. The number of rotatable bonds is 21. The number of aryl methyl sites for hydroxylation is 1. The summed E-state index contributed by atoms with van der Waals surface area (Å²) < 4.78 is 8.33. The summed E-state index contributed by atoms with van der Waals surface area (Å²) in [5, 5.41) is 3.21. The summed E-state index contributed by atoms with van der Waals surface area (Å²) in [5.74, 6) is 0.931. The molecule has 0 fully saturated rings. The lowest BCUT2D eigenvalue weighted by atomic mass is 9.84. The quantitative estimate of drug-likeness (QED) is 0.0868. The van der Waals surface area contributed by atoms with E-state index in [2.05, 4.69) is 65.1 Å². The Labute approximate surface area is 275 Å². The largest absolute Gasteiger partial charge is 1.00 e. The van der Waals surface area contributed by atoms with Gasteiger partial charge in [0.05, 0.1) is 12.6 Å². The van der Waals surface area contributed by atoms with Crippen LogP contribution in [0, 0.1) is 0 Å². The molecule has 42 heavy (non-hydrogen) atoms. The molecule has 1 heterocycles. The fourth-order valence-corrected chi connectivity index (χ4v) is 5.48. The molecule has 1 atom stereocenters. The van der Waals surface area contributed by atoms with Gasteiger partial charge >= 0.3 is 5.91 Å². The maximum atomic E-state index is 13.1. The van der Waals surface area contributed by atoms with E-state index >= 15 is 0 Å². The summed E-state index contributed by atoms with van der Waals surface area (Å²) in [7, 11) is 0. The molecule has 0 saturated heterocycles. The maximum absolute atomic E-state index is 13.1. The Morgan fingerprint density at radius 3 is 1.93 bits per heavy atom. The Kier molecular flexibility index (Phi) is 20.1. The minimum atomic E-state index is -0.0984. The van der Waals surface area contributed by atoms with Crippen LogP contribution in [0.1, 0.15) is 166 Å². The Morgan fingerprint density at radius 2 is 1.38 bits per heavy atom. The summed E-state index contributed by atoms with van der Waals surface area (Å²) in [6.07, 6.45) is 22.0. The molecule has 0 bridgehead atoms. The number of benzene rings is 1. The number of nitrogens with zero attached hydrogens (tertiary/aromatic N) is 1. The molecule has 2 aromatic rings. The van der Waals surface area contributed by atoms with Crippen molar-refractivity contribution in [1.82, 2.24) is 5.32 Å². The van der Waals surface area contributed by atoms with E-state index in [9.17, 15) is 4.79 Å². The van der Waals surface area contributed by atoms with E-state index < -0.39 is 0 Å². The Bertz CT molecular complexity index is 1000. The third-order valence-corrected chi connectivity index (χ3v) is 8.05. The van der Waals surface area contributed by atoms with Crippen LogP contribution in [0.15, 0.2) is 42.6 Å². The van der Waals surface area contributed by atoms with Gasteiger partial charge < -0.3 is 34.0 Å². The molecular weight excluding hydrogens is 631 g/mol.